The number of amides is 2. The van der Waals surface area contributed by atoms with Crippen LogP contribution in [0.5, 0.6) is 0 Å². The van der Waals surface area contributed by atoms with Crippen molar-refractivity contribution in [2.75, 3.05) is 18.4 Å². The van der Waals surface area contributed by atoms with E-state index in [0.717, 1.165) is 25.7 Å². The molecule has 146 valence electrons. The number of non-ortho nitro benzene ring substituents is 1. The topological polar surface area (TPSA) is 92.6 Å². The SMILES string of the molecule is O=C(Nc1ccc(Cl)cc1C(=O)N1CCCCCC1)c1cccc([N+](=O)[O-])c1. The second-order valence-electron chi connectivity index (χ2n) is 6.66. The van der Waals surface area contributed by atoms with Gasteiger partial charge in [-0.15, -0.1) is 0 Å². The zero-order valence-electron chi connectivity index (χ0n) is 15.2. The van der Waals surface area contributed by atoms with Crippen molar-refractivity contribution < 1.29 is 14.5 Å². The molecule has 1 N–H and O–H groups in total. The number of carbonyl (C=O) groups is 2. The molecule has 28 heavy (non-hydrogen) atoms. The average molecular weight is 402 g/mol. The van der Waals surface area contributed by atoms with Gasteiger partial charge in [0.05, 0.1) is 16.2 Å². The van der Waals surface area contributed by atoms with Crippen LogP contribution in [0.4, 0.5) is 11.4 Å². The van der Waals surface area contributed by atoms with Crippen LogP contribution in [0, 0.1) is 10.1 Å². The summed E-state index contributed by atoms with van der Waals surface area (Å²) in [6.45, 7) is 1.34. The van der Waals surface area contributed by atoms with E-state index in [4.69, 9.17) is 11.6 Å². The van der Waals surface area contributed by atoms with E-state index in [1.54, 1.807) is 17.0 Å². The molecule has 0 unspecified atom stereocenters. The fourth-order valence-electron chi connectivity index (χ4n) is 3.20. The monoisotopic (exact) mass is 401 g/mol. The average Bonchev–Trinajstić information content (AvgIpc) is 2.98. The first-order valence-electron chi connectivity index (χ1n) is 9.10. The molecule has 0 saturated carbocycles. The van der Waals surface area contributed by atoms with Gasteiger partial charge in [0.15, 0.2) is 0 Å². The van der Waals surface area contributed by atoms with Crippen molar-refractivity contribution in [2.45, 2.75) is 25.7 Å². The highest BCUT2D eigenvalue weighted by Crippen LogP contribution is 2.25. The van der Waals surface area contributed by atoms with Gasteiger partial charge in [0.25, 0.3) is 17.5 Å². The Kier molecular flexibility index (Phi) is 6.26. The van der Waals surface area contributed by atoms with Crippen molar-refractivity contribution in [3.8, 4) is 0 Å². The summed E-state index contributed by atoms with van der Waals surface area (Å²) in [7, 11) is 0. The van der Waals surface area contributed by atoms with E-state index in [-0.39, 0.29) is 17.2 Å². The third-order valence-electron chi connectivity index (χ3n) is 4.67. The Morgan fingerprint density at radius 1 is 1.04 bits per heavy atom. The molecule has 1 aliphatic heterocycles. The van der Waals surface area contributed by atoms with Gasteiger partial charge in [-0.2, -0.15) is 0 Å². The molecule has 0 bridgehead atoms. The van der Waals surface area contributed by atoms with Gasteiger partial charge in [0, 0.05) is 35.8 Å². The number of rotatable bonds is 4. The van der Waals surface area contributed by atoms with Gasteiger partial charge >= 0.3 is 0 Å². The van der Waals surface area contributed by atoms with Crippen LogP contribution in [-0.4, -0.2) is 34.7 Å². The third kappa shape index (κ3) is 4.67. The number of nitro groups is 1. The molecule has 0 aromatic heterocycles. The number of benzene rings is 2. The number of hydrogen-bond donors (Lipinski definition) is 1. The molecule has 0 spiro atoms. The van der Waals surface area contributed by atoms with Gasteiger partial charge in [0.2, 0.25) is 0 Å². The van der Waals surface area contributed by atoms with Crippen LogP contribution >= 0.6 is 11.6 Å². The van der Waals surface area contributed by atoms with E-state index in [2.05, 4.69) is 5.32 Å². The van der Waals surface area contributed by atoms with Crippen LogP contribution in [0.25, 0.3) is 0 Å². The van der Waals surface area contributed by atoms with E-state index < -0.39 is 10.8 Å². The molecule has 1 aliphatic rings. The Morgan fingerprint density at radius 3 is 2.43 bits per heavy atom. The van der Waals surface area contributed by atoms with E-state index in [9.17, 15) is 19.7 Å². The smallest absolute Gasteiger partial charge is 0.270 e. The second kappa shape index (κ2) is 8.84. The summed E-state index contributed by atoms with van der Waals surface area (Å²) >= 11 is 6.08. The highest BCUT2D eigenvalue weighted by atomic mass is 35.5. The predicted molar refractivity (Wildman–Crippen MR) is 107 cm³/mol. The molecule has 1 saturated heterocycles. The molecule has 2 aromatic carbocycles. The van der Waals surface area contributed by atoms with Gasteiger partial charge in [-0.25, -0.2) is 0 Å². The van der Waals surface area contributed by atoms with Gasteiger partial charge < -0.3 is 10.2 Å². The van der Waals surface area contributed by atoms with Crippen LogP contribution in [0.1, 0.15) is 46.4 Å². The first-order valence-corrected chi connectivity index (χ1v) is 9.48. The van der Waals surface area contributed by atoms with E-state index in [1.807, 2.05) is 0 Å². The molecule has 0 aliphatic carbocycles. The van der Waals surface area contributed by atoms with Crippen LogP contribution in [0.15, 0.2) is 42.5 Å². The molecule has 2 amide bonds. The van der Waals surface area contributed by atoms with E-state index in [1.165, 1.54) is 30.3 Å². The van der Waals surface area contributed by atoms with Crippen LogP contribution in [0.2, 0.25) is 5.02 Å². The van der Waals surface area contributed by atoms with E-state index in [0.29, 0.717) is 29.4 Å². The molecule has 0 radical (unpaired) electrons. The number of nitro benzene ring substituents is 1. The van der Waals surface area contributed by atoms with Crippen molar-refractivity contribution in [3.05, 3.63) is 68.7 Å². The Balaban J connectivity index is 1.86. The minimum absolute atomic E-state index is 0.136. The summed E-state index contributed by atoms with van der Waals surface area (Å²) in [4.78, 5) is 37.7. The van der Waals surface area contributed by atoms with Crippen LogP contribution in [-0.2, 0) is 0 Å². The fraction of sp³-hybridized carbons (Fsp3) is 0.300. The second-order valence-corrected chi connectivity index (χ2v) is 7.09. The summed E-state index contributed by atoms with van der Waals surface area (Å²) in [5.74, 6) is -0.713. The Hall–Kier alpha value is -2.93. The minimum atomic E-state index is -0.562. The predicted octanol–water partition coefficient (Wildman–Crippen LogP) is 4.52. The van der Waals surface area contributed by atoms with Crippen molar-refractivity contribution in [1.29, 1.82) is 0 Å². The number of nitrogens with zero attached hydrogens (tertiary/aromatic N) is 2. The maximum atomic E-state index is 13.0. The quantitative estimate of drug-likeness (QED) is 0.602. The van der Waals surface area contributed by atoms with Crippen molar-refractivity contribution >= 4 is 34.8 Å². The van der Waals surface area contributed by atoms with Crippen LogP contribution in [0.3, 0.4) is 0 Å². The lowest BCUT2D eigenvalue weighted by atomic mass is 10.1. The number of likely N-dealkylation sites (tertiary alicyclic amines) is 1. The normalized spacial score (nSPS) is 14.2. The summed E-state index contributed by atoms with van der Waals surface area (Å²) in [5.41, 5.74) is 0.602. The van der Waals surface area contributed by atoms with Crippen molar-refractivity contribution in [1.82, 2.24) is 4.90 Å². The van der Waals surface area contributed by atoms with Gasteiger partial charge in [-0.3, -0.25) is 19.7 Å². The van der Waals surface area contributed by atoms with Crippen LogP contribution < -0.4 is 5.32 Å². The highest BCUT2D eigenvalue weighted by molar-refractivity contribution is 6.31. The molecular formula is C20H20ClN3O4. The maximum Gasteiger partial charge on any atom is 0.270 e. The molecule has 1 heterocycles. The maximum absolute atomic E-state index is 13.0. The zero-order chi connectivity index (χ0) is 20.1. The summed E-state index contributed by atoms with van der Waals surface area (Å²) < 4.78 is 0. The minimum Gasteiger partial charge on any atom is -0.339 e. The lowest BCUT2D eigenvalue weighted by molar-refractivity contribution is -0.384. The van der Waals surface area contributed by atoms with Crippen molar-refractivity contribution in [3.63, 3.8) is 0 Å². The third-order valence-corrected chi connectivity index (χ3v) is 4.91. The molecular weight excluding hydrogens is 382 g/mol. The number of halogens is 1. The Bertz CT molecular complexity index is 908. The van der Waals surface area contributed by atoms with E-state index >= 15 is 0 Å². The highest BCUT2D eigenvalue weighted by Gasteiger charge is 2.22. The van der Waals surface area contributed by atoms with Gasteiger partial charge in [0.1, 0.15) is 0 Å². The van der Waals surface area contributed by atoms with Crippen molar-refractivity contribution in [2.24, 2.45) is 0 Å². The lowest BCUT2D eigenvalue weighted by Gasteiger charge is -2.22. The largest absolute Gasteiger partial charge is 0.339 e. The summed E-state index contributed by atoms with van der Waals surface area (Å²) in [6, 6.07) is 10.1. The number of hydrogen-bond acceptors (Lipinski definition) is 4. The number of anilines is 1. The fourth-order valence-corrected chi connectivity index (χ4v) is 3.37. The summed E-state index contributed by atoms with van der Waals surface area (Å²) in [5, 5.41) is 14.0. The van der Waals surface area contributed by atoms with Gasteiger partial charge in [-0.1, -0.05) is 30.5 Å². The number of nitrogens with one attached hydrogen (secondary N) is 1. The summed E-state index contributed by atoms with van der Waals surface area (Å²) in [6.07, 6.45) is 4.08. The standard InChI is InChI=1S/C20H20ClN3O4/c21-15-8-9-18(17(13-15)20(26)23-10-3-1-2-4-11-23)22-19(25)14-6-5-7-16(12-14)24(27)28/h5-9,12-13H,1-4,10-11H2,(H,22,25). The lowest BCUT2D eigenvalue weighted by Crippen LogP contribution is -2.32. The molecule has 3 rings (SSSR count). The molecule has 0 atom stereocenters. The first-order chi connectivity index (χ1) is 13.5. The molecule has 2 aromatic rings. The van der Waals surface area contributed by atoms with Gasteiger partial charge in [-0.05, 0) is 37.1 Å². The molecule has 1 fully saturated rings. The zero-order valence-corrected chi connectivity index (χ0v) is 15.9. The first kappa shape index (κ1) is 19.8. The molecule has 7 nitrogen and oxygen atoms in total. The molecule has 8 heteroatoms. The Morgan fingerprint density at radius 2 is 1.75 bits per heavy atom. The number of carbonyl (C=O) groups excluding carboxylic acids is 2. The Labute approximate surface area is 167 Å².